The smallest absolute Gasteiger partial charge is 0.356 e. The van der Waals surface area contributed by atoms with Crippen LogP contribution in [0.5, 0.6) is 0 Å². The van der Waals surface area contributed by atoms with Crippen LogP contribution in [-0.4, -0.2) is 32.8 Å². The fourth-order valence-electron chi connectivity index (χ4n) is 1.13. The second-order valence-electron chi connectivity index (χ2n) is 3.31. The number of pyridine rings is 1. The molecule has 0 saturated carbocycles. The highest BCUT2D eigenvalue weighted by molar-refractivity contribution is 6.04. The Balaban J connectivity index is 3.24. The van der Waals surface area contributed by atoms with Crippen molar-refractivity contribution < 1.29 is 19.8 Å². The molecule has 18 heavy (non-hydrogen) atoms. The minimum atomic E-state index is -1.53. The third kappa shape index (κ3) is 3.14. The number of aliphatic carboxylic acids is 2. The van der Waals surface area contributed by atoms with Crippen LogP contribution >= 0.6 is 0 Å². The van der Waals surface area contributed by atoms with Gasteiger partial charge in [0.2, 0.25) is 0 Å². The third-order valence-electron chi connectivity index (χ3n) is 2.05. The van der Waals surface area contributed by atoms with Crippen molar-refractivity contribution in [3.05, 3.63) is 41.5 Å². The van der Waals surface area contributed by atoms with E-state index < -0.39 is 23.3 Å². The lowest BCUT2D eigenvalue weighted by molar-refractivity contribution is -0.136. The monoisotopic (exact) mass is 249 g/mol. The van der Waals surface area contributed by atoms with Crippen molar-refractivity contribution >= 4 is 17.7 Å². The van der Waals surface area contributed by atoms with Crippen LogP contribution in [0.25, 0.3) is 0 Å². The van der Waals surface area contributed by atoms with Crippen LogP contribution in [0, 0.1) is 0 Å². The van der Waals surface area contributed by atoms with Gasteiger partial charge in [0.15, 0.2) is 11.4 Å². The molecule has 0 fully saturated rings. The molecule has 7 heteroatoms. The fourth-order valence-corrected chi connectivity index (χ4v) is 1.13. The van der Waals surface area contributed by atoms with Crippen LogP contribution in [0.2, 0.25) is 0 Å². The Morgan fingerprint density at radius 3 is 2.44 bits per heavy atom. The average Bonchev–Trinajstić information content (AvgIpc) is 2.35. The predicted octanol–water partition coefficient (Wildman–Crippen LogP) is 0.230. The average molecular weight is 249 g/mol. The maximum atomic E-state index is 10.9. The van der Waals surface area contributed by atoms with E-state index in [9.17, 15) is 9.59 Å². The lowest BCUT2D eigenvalue weighted by Crippen LogP contribution is -2.17. The summed E-state index contributed by atoms with van der Waals surface area (Å²) in [6.45, 7) is 1.54. The number of hydrogen-bond acceptors (Lipinski definition) is 5. The Morgan fingerprint density at radius 2 is 2.00 bits per heavy atom. The van der Waals surface area contributed by atoms with Crippen LogP contribution in [0.4, 0.5) is 0 Å². The SMILES string of the molecule is CC(=N/C(C(=O)O)=C(\N)C(=O)O)c1cccnc1. The minimum Gasteiger partial charge on any atom is -0.477 e. The summed E-state index contributed by atoms with van der Waals surface area (Å²) in [5.74, 6) is -3.03. The first-order chi connectivity index (χ1) is 8.43. The van der Waals surface area contributed by atoms with E-state index in [-0.39, 0.29) is 0 Å². The van der Waals surface area contributed by atoms with Crippen molar-refractivity contribution in [3.8, 4) is 0 Å². The van der Waals surface area contributed by atoms with Gasteiger partial charge in [-0.05, 0) is 13.0 Å². The van der Waals surface area contributed by atoms with Crippen molar-refractivity contribution in [2.45, 2.75) is 6.92 Å². The summed E-state index contributed by atoms with van der Waals surface area (Å²) in [7, 11) is 0. The number of aliphatic imine (C=N–C) groups is 1. The minimum absolute atomic E-state index is 0.310. The van der Waals surface area contributed by atoms with Crippen LogP contribution in [0.3, 0.4) is 0 Å². The lowest BCUT2D eigenvalue weighted by Gasteiger charge is -2.02. The highest BCUT2D eigenvalue weighted by Gasteiger charge is 2.17. The molecule has 4 N–H and O–H groups in total. The molecule has 0 saturated heterocycles. The van der Waals surface area contributed by atoms with E-state index >= 15 is 0 Å². The molecular weight excluding hydrogens is 238 g/mol. The summed E-state index contributed by atoms with van der Waals surface area (Å²) in [6, 6.07) is 3.32. The van der Waals surface area contributed by atoms with Crippen molar-refractivity contribution in [2.75, 3.05) is 0 Å². The van der Waals surface area contributed by atoms with Gasteiger partial charge in [-0.25, -0.2) is 14.6 Å². The molecule has 1 aromatic heterocycles. The summed E-state index contributed by atoms with van der Waals surface area (Å²) in [5.41, 5.74) is 4.53. The van der Waals surface area contributed by atoms with Gasteiger partial charge in [0.1, 0.15) is 0 Å². The molecule has 0 spiro atoms. The first kappa shape index (κ1) is 13.4. The summed E-state index contributed by atoms with van der Waals surface area (Å²) in [5, 5.41) is 17.5. The zero-order valence-corrected chi connectivity index (χ0v) is 9.49. The van der Waals surface area contributed by atoms with Crippen molar-refractivity contribution in [1.82, 2.24) is 4.98 Å². The molecule has 1 rings (SSSR count). The molecule has 1 heterocycles. The Hall–Kier alpha value is -2.70. The molecule has 0 aliphatic rings. The second kappa shape index (κ2) is 5.58. The first-order valence-corrected chi connectivity index (χ1v) is 4.85. The number of rotatable bonds is 4. The Labute approximate surface area is 102 Å². The first-order valence-electron chi connectivity index (χ1n) is 4.85. The molecule has 0 amide bonds. The van der Waals surface area contributed by atoms with Gasteiger partial charge in [-0.1, -0.05) is 6.07 Å². The Kier molecular flexibility index (Phi) is 4.14. The van der Waals surface area contributed by atoms with Crippen molar-refractivity contribution in [3.63, 3.8) is 0 Å². The number of aromatic nitrogens is 1. The summed E-state index contributed by atoms with van der Waals surface area (Å²) in [6.07, 6.45) is 3.03. The van der Waals surface area contributed by atoms with Crippen LogP contribution in [0.15, 0.2) is 40.9 Å². The van der Waals surface area contributed by atoms with Gasteiger partial charge < -0.3 is 15.9 Å². The largest absolute Gasteiger partial charge is 0.477 e. The molecule has 7 nitrogen and oxygen atoms in total. The van der Waals surface area contributed by atoms with Gasteiger partial charge in [0, 0.05) is 23.7 Å². The summed E-state index contributed by atoms with van der Waals surface area (Å²) in [4.78, 5) is 29.1. The van der Waals surface area contributed by atoms with Gasteiger partial charge in [-0.15, -0.1) is 0 Å². The highest BCUT2D eigenvalue weighted by Crippen LogP contribution is 2.07. The molecule has 1 aromatic rings. The molecule has 0 aliphatic heterocycles. The summed E-state index contributed by atoms with van der Waals surface area (Å²) >= 11 is 0. The normalized spacial score (nSPS) is 12.8. The molecular formula is C11H11N3O4. The number of nitrogens with two attached hydrogens (primary N) is 1. The number of hydrogen-bond donors (Lipinski definition) is 3. The second-order valence-corrected chi connectivity index (χ2v) is 3.31. The highest BCUT2D eigenvalue weighted by atomic mass is 16.4. The van der Waals surface area contributed by atoms with E-state index in [1.54, 1.807) is 18.3 Å². The fraction of sp³-hybridized carbons (Fsp3) is 0.0909. The zero-order valence-electron chi connectivity index (χ0n) is 9.49. The number of carbonyl (C=O) groups is 2. The van der Waals surface area contributed by atoms with Gasteiger partial charge in [0.25, 0.3) is 0 Å². The van der Waals surface area contributed by atoms with Gasteiger partial charge in [0.05, 0.1) is 0 Å². The van der Waals surface area contributed by atoms with E-state index in [2.05, 4.69) is 9.98 Å². The van der Waals surface area contributed by atoms with Crippen molar-refractivity contribution in [2.24, 2.45) is 10.7 Å². The maximum Gasteiger partial charge on any atom is 0.356 e. The van der Waals surface area contributed by atoms with E-state index in [1.165, 1.54) is 13.1 Å². The van der Waals surface area contributed by atoms with Crippen molar-refractivity contribution in [1.29, 1.82) is 0 Å². The molecule has 94 valence electrons. The van der Waals surface area contributed by atoms with E-state index in [4.69, 9.17) is 15.9 Å². The molecule has 0 radical (unpaired) electrons. The molecule has 0 aliphatic carbocycles. The number of carboxylic acids is 2. The van der Waals surface area contributed by atoms with E-state index in [0.717, 1.165) is 0 Å². The van der Waals surface area contributed by atoms with E-state index in [0.29, 0.717) is 11.3 Å². The van der Waals surface area contributed by atoms with Crippen LogP contribution in [-0.2, 0) is 9.59 Å². The Morgan fingerprint density at radius 1 is 1.33 bits per heavy atom. The molecule has 0 aromatic carbocycles. The Bertz CT molecular complexity index is 534. The molecule has 0 bridgehead atoms. The maximum absolute atomic E-state index is 10.9. The standard InChI is InChI=1S/C11H11N3O4/c1-6(7-3-2-4-13-5-7)14-9(11(17)18)8(12)10(15)16/h2-5H,12H2,1H3,(H,15,16)(H,17,18)/b9-8-,14-6?. The van der Waals surface area contributed by atoms with Crippen LogP contribution in [0.1, 0.15) is 12.5 Å². The number of nitrogens with zero attached hydrogens (tertiary/aromatic N) is 2. The predicted molar refractivity (Wildman–Crippen MR) is 62.9 cm³/mol. The zero-order chi connectivity index (χ0) is 13.7. The van der Waals surface area contributed by atoms with Gasteiger partial charge >= 0.3 is 11.9 Å². The van der Waals surface area contributed by atoms with Crippen LogP contribution < -0.4 is 5.73 Å². The molecule has 0 atom stereocenters. The summed E-state index contributed by atoms with van der Waals surface area (Å²) < 4.78 is 0. The molecule has 0 unspecified atom stereocenters. The topological polar surface area (TPSA) is 126 Å². The van der Waals surface area contributed by atoms with E-state index in [1.807, 2.05) is 0 Å². The number of carboxylic acid groups (broad SMARTS) is 2. The lowest BCUT2D eigenvalue weighted by atomic mass is 10.2. The van der Waals surface area contributed by atoms with Gasteiger partial charge in [-0.2, -0.15) is 0 Å². The quantitative estimate of drug-likeness (QED) is 0.518. The third-order valence-corrected chi connectivity index (χ3v) is 2.05. The van der Waals surface area contributed by atoms with Gasteiger partial charge in [-0.3, -0.25) is 4.98 Å².